The zero-order chi connectivity index (χ0) is 17.9. The van der Waals surface area contributed by atoms with Crippen molar-refractivity contribution in [3.63, 3.8) is 0 Å². The molecule has 1 aromatic carbocycles. The molecular formula is C17H23BN2O4. The Morgan fingerprint density at radius 2 is 1.83 bits per heavy atom. The highest BCUT2D eigenvalue weighted by molar-refractivity contribution is 6.65. The zero-order valence-electron chi connectivity index (χ0n) is 15.0. The van der Waals surface area contributed by atoms with Crippen LogP contribution in [0.2, 0.25) is 0 Å². The number of nitrogens with zero attached hydrogens (tertiary/aromatic N) is 2. The smallest absolute Gasteiger partial charge is 0.478 e. The predicted molar refractivity (Wildman–Crippen MR) is 92.8 cm³/mol. The molecule has 2 heterocycles. The quantitative estimate of drug-likeness (QED) is 0.875. The molecule has 1 fully saturated rings. The molecule has 24 heavy (non-hydrogen) atoms. The molecule has 1 aliphatic heterocycles. The van der Waals surface area contributed by atoms with E-state index in [1.807, 2.05) is 41.5 Å². The Labute approximate surface area is 141 Å². The Balaban J connectivity index is 2.24. The second-order valence-corrected chi connectivity index (χ2v) is 7.23. The molecule has 128 valence electrons. The van der Waals surface area contributed by atoms with Gasteiger partial charge in [-0.3, -0.25) is 0 Å². The minimum absolute atomic E-state index is 0.188. The molecule has 0 spiro atoms. The van der Waals surface area contributed by atoms with Crippen molar-refractivity contribution in [3.05, 3.63) is 23.5 Å². The van der Waals surface area contributed by atoms with Gasteiger partial charge in [0.25, 0.3) is 0 Å². The van der Waals surface area contributed by atoms with Crippen LogP contribution >= 0.6 is 0 Å². The number of aromatic carboxylic acids is 1. The lowest BCUT2D eigenvalue weighted by Crippen LogP contribution is -2.41. The van der Waals surface area contributed by atoms with Gasteiger partial charge in [-0.05, 0) is 53.7 Å². The molecule has 7 heteroatoms. The maximum atomic E-state index is 11.5. The number of aromatic nitrogens is 2. The van der Waals surface area contributed by atoms with E-state index >= 15 is 0 Å². The lowest BCUT2D eigenvalue weighted by atomic mass is 9.77. The highest BCUT2D eigenvalue weighted by Gasteiger charge is 2.52. The van der Waals surface area contributed by atoms with Gasteiger partial charge in [-0.25, -0.2) is 9.78 Å². The molecule has 0 bridgehead atoms. The van der Waals surface area contributed by atoms with Gasteiger partial charge in [-0.2, -0.15) is 0 Å². The second-order valence-electron chi connectivity index (χ2n) is 7.23. The van der Waals surface area contributed by atoms with Crippen LogP contribution in [0.15, 0.2) is 12.1 Å². The molecule has 1 aromatic heterocycles. The number of carboxylic acid groups (broad SMARTS) is 1. The van der Waals surface area contributed by atoms with Crippen LogP contribution in [0.4, 0.5) is 0 Å². The van der Waals surface area contributed by atoms with Gasteiger partial charge in [-0.15, -0.1) is 0 Å². The number of fused-ring (bicyclic) bond motifs is 1. The van der Waals surface area contributed by atoms with Crippen LogP contribution in [0.1, 0.15) is 50.8 Å². The number of benzene rings is 1. The fourth-order valence-corrected chi connectivity index (χ4v) is 3.08. The Hall–Kier alpha value is -1.86. The summed E-state index contributed by atoms with van der Waals surface area (Å²) >= 11 is 0. The van der Waals surface area contributed by atoms with Crippen molar-refractivity contribution in [3.8, 4) is 0 Å². The Kier molecular flexibility index (Phi) is 3.77. The van der Waals surface area contributed by atoms with E-state index in [2.05, 4.69) is 9.55 Å². The van der Waals surface area contributed by atoms with E-state index in [1.54, 1.807) is 12.1 Å². The molecule has 0 unspecified atom stereocenters. The third-order valence-corrected chi connectivity index (χ3v) is 5.13. The molecule has 1 N–H and O–H groups in total. The van der Waals surface area contributed by atoms with Crippen LogP contribution < -0.4 is 5.46 Å². The Morgan fingerprint density at radius 1 is 1.25 bits per heavy atom. The van der Waals surface area contributed by atoms with Crippen LogP contribution in [0.3, 0.4) is 0 Å². The van der Waals surface area contributed by atoms with E-state index in [1.165, 1.54) is 0 Å². The van der Waals surface area contributed by atoms with Crippen molar-refractivity contribution in [2.45, 2.75) is 59.3 Å². The monoisotopic (exact) mass is 330 g/mol. The normalized spacial score (nSPS) is 19.2. The molecule has 0 atom stereocenters. The van der Waals surface area contributed by atoms with Gasteiger partial charge < -0.3 is 19.0 Å². The van der Waals surface area contributed by atoms with Crippen LogP contribution in [-0.4, -0.2) is 38.9 Å². The standard InChI is InChI=1S/C17H23BN2O4/c1-7-20-10(2)19-13-9-11(15(21)22)8-12(14(13)20)18-23-16(3,4)17(5,6)24-18/h8-9H,7H2,1-6H3,(H,21,22). The van der Waals surface area contributed by atoms with Crippen LogP contribution in [-0.2, 0) is 15.9 Å². The molecule has 0 radical (unpaired) electrons. The summed E-state index contributed by atoms with van der Waals surface area (Å²) in [6, 6.07) is 3.24. The molecule has 3 rings (SSSR count). The summed E-state index contributed by atoms with van der Waals surface area (Å²) in [6.07, 6.45) is 0. The maximum Gasteiger partial charge on any atom is 0.497 e. The van der Waals surface area contributed by atoms with Crippen LogP contribution in [0.25, 0.3) is 11.0 Å². The number of hydrogen-bond acceptors (Lipinski definition) is 4. The summed E-state index contributed by atoms with van der Waals surface area (Å²) in [7, 11) is -0.627. The van der Waals surface area contributed by atoms with Crippen LogP contribution in [0, 0.1) is 6.92 Å². The number of carbonyl (C=O) groups is 1. The van der Waals surface area contributed by atoms with Crippen molar-refractivity contribution >= 4 is 29.6 Å². The van der Waals surface area contributed by atoms with E-state index in [9.17, 15) is 9.90 Å². The molecule has 2 aromatic rings. The topological polar surface area (TPSA) is 73.6 Å². The van der Waals surface area contributed by atoms with Gasteiger partial charge in [0.1, 0.15) is 5.82 Å². The largest absolute Gasteiger partial charge is 0.497 e. The van der Waals surface area contributed by atoms with Crippen molar-refractivity contribution in [1.82, 2.24) is 9.55 Å². The summed E-state index contributed by atoms with van der Waals surface area (Å²) in [6.45, 7) is 12.6. The lowest BCUT2D eigenvalue weighted by molar-refractivity contribution is 0.00578. The van der Waals surface area contributed by atoms with Gasteiger partial charge in [-0.1, -0.05) is 0 Å². The molecular weight excluding hydrogens is 307 g/mol. The molecule has 6 nitrogen and oxygen atoms in total. The average molecular weight is 330 g/mol. The summed E-state index contributed by atoms with van der Waals surface area (Å²) in [5.41, 5.74) is 1.45. The Morgan fingerprint density at radius 3 is 2.33 bits per heavy atom. The number of hydrogen-bond donors (Lipinski definition) is 1. The fourth-order valence-electron chi connectivity index (χ4n) is 3.08. The highest BCUT2D eigenvalue weighted by atomic mass is 16.7. The number of rotatable bonds is 3. The first kappa shape index (κ1) is 17.0. The number of aryl methyl sites for hydroxylation is 2. The second kappa shape index (κ2) is 5.32. The lowest BCUT2D eigenvalue weighted by Gasteiger charge is -2.32. The van der Waals surface area contributed by atoms with Crippen LogP contribution in [0.5, 0.6) is 0 Å². The molecule has 0 saturated carbocycles. The molecule has 0 aliphatic carbocycles. The van der Waals surface area contributed by atoms with Crippen molar-refractivity contribution in [2.24, 2.45) is 0 Å². The summed E-state index contributed by atoms with van der Waals surface area (Å²) in [4.78, 5) is 16.0. The molecule has 1 saturated heterocycles. The average Bonchev–Trinajstić information content (AvgIpc) is 2.89. The van der Waals surface area contributed by atoms with Crippen molar-refractivity contribution in [2.75, 3.05) is 0 Å². The zero-order valence-corrected chi connectivity index (χ0v) is 15.0. The van der Waals surface area contributed by atoms with E-state index in [4.69, 9.17) is 9.31 Å². The van der Waals surface area contributed by atoms with E-state index in [-0.39, 0.29) is 5.56 Å². The van der Waals surface area contributed by atoms with Gasteiger partial charge in [0, 0.05) is 12.0 Å². The summed E-state index contributed by atoms with van der Waals surface area (Å²) in [5, 5.41) is 9.43. The van der Waals surface area contributed by atoms with E-state index in [0.717, 1.165) is 17.9 Å². The first-order valence-corrected chi connectivity index (χ1v) is 8.17. The van der Waals surface area contributed by atoms with Crippen molar-refractivity contribution in [1.29, 1.82) is 0 Å². The third-order valence-electron chi connectivity index (χ3n) is 5.13. The summed E-state index contributed by atoms with van der Waals surface area (Å²) < 4.78 is 14.3. The molecule has 0 amide bonds. The highest BCUT2D eigenvalue weighted by Crippen LogP contribution is 2.37. The fraction of sp³-hybridized carbons (Fsp3) is 0.529. The predicted octanol–water partition coefficient (Wildman–Crippen LogP) is 2.36. The first-order valence-electron chi connectivity index (χ1n) is 8.17. The van der Waals surface area contributed by atoms with Gasteiger partial charge in [0.05, 0.1) is 27.8 Å². The van der Waals surface area contributed by atoms with E-state index in [0.29, 0.717) is 11.0 Å². The number of imidazole rings is 1. The van der Waals surface area contributed by atoms with Gasteiger partial charge >= 0.3 is 13.1 Å². The number of carboxylic acids is 1. The third kappa shape index (κ3) is 2.43. The first-order chi connectivity index (χ1) is 11.1. The SMILES string of the molecule is CCn1c(C)nc2cc(C(=O)O)cc(B3OC(C)(C)C(C)(C)O3)c21. The van der Waals surface area contributed by atoms with Gasteiger partial charge in [0.15, 0.2) is 0 Å². The van der Waals surface area contributed by atoms with Gasteiger partial charge in [0.2, 0.25) is 0 Å². The minimum atomic E-state index is -0.988. The van der Waals surface area contributed by atoms with Crippen molar-refractivity contribution < 1.29 is 19.2 Å². The Bertz CT molecular complexity index is 810. The minimum Gasteiger partial charge on any atom is -0.478 e. The van der Waals surface area contributed by atoms with E-state index < -0.39 is 24.3 Å². The summed E-state index contributed by atoms with van der Waals surface area (Å²) in [5.74, 6) is -0.147. The molecule has 1 aliphatic rings. The maximum absolute atomic E-state index is 11.5.